The molecule has 3 N–H and O–H groups in total. The van der Waals surface area contributed by atoms with Crippen LogP contribution in [0.15, 0.2) is 18.2 Å². The molecule has 0 aromatic heterocycles. The molecule has 2 atom stereocenters. The Balaban J connectivity index is 1.61. The Morgan fingerprint density at radius 2 is 2.35 bits per heavy atom. The van der Waals surface area contributed by atoms with Gasteiger partial charge in [0.1, 0.15) is 5.75 Å². The standard InChI is InChI=1S/C15H21N3O2/c1-20-14-7-11(16)3-5-13(14)17-15(19)9-18-8-10-2-4-12(18)6-10/h3,5,7,10,12H,2,4,6,8-9,16H2,1H3,(H,17,19). The molecule has 108 valence electrons. The van der Waals surface area contributed by atoms with E-state index in [0.717, 1.165) is 12.5 Å². The van der Waals surface area contributed by atoms with Crippen LogP contribution in [-0.4, -0.2) is 37.0 Å². The van der Waals surface area contributed by atoms with E-state index < -0.39 is 0 Å². The van der Waals surface area contributed by atoms with Crippen LogP contribution in [0.4, 0.5) is 11.4 Å². The third-order valence-corrected chi connectivity index (χ3v) is 4.37. The number of benzene rings is 1. The SMILES string of the molecule is COc1cc(N)ccc1NC(=O)CN1CC2CCC1C2. The largest absolute Gasteiger partial charge is 0.494 e. The van der Waals surface area contributed by atoms with Crippen LogP contribution in [-0.2, 0) is 4.79 Å². The second kappa shape index (κ2) is 5.32. The maximum absolute atomic E-state index is 12.2. The predicted molar refractivity (Wildman–Crippen MR) is 78.7 cm³/mol. The monoisotopic (exact) mass is 275 g/mol. The zero-order valence-electron chi connectivity index (χ0n) is 11.8. The summed E-state index contributed by atoms with van der Waals surface area (Å²) in [5, 5.41) is 2.91. The summed E-state index contributed by atoms with van der Waals surface area (Å²) in [6.45, 7) is 1.53. The van der Waals surface area contributed by atoms with Crippen molar-refractivity contribution in [3.05, 3.63) is 18.2 Å². The minimum absolute atomic E-state index is 0.0145. The highest BCUT2D eigenvalue weighted by Gasteiger charge is 2.38. The van der Waals surface area contributed by atoms with Crippen molar-refractivity contribution < 1.29 is 9.53 Å². The molecule has 0 spiro atoms. The molecule has 20 heavy (non-hydrogen) atoms. The van der Waals surface area contributed by atoms with Crippen molar-refractivity contribution in [3.8, 4) is 5.75 Å². The van der Waals surface area contributed by atoms with Gasteiger partial charge in [0.15, 0.2) is 0 Å². The Hall–Kier alpha value is -1.75. The van der Waals surface area contributed by atoms with E-state index in [9.17, 15) is 4.79 Å². The van der Waals surface area contributed by atoms with Crippen molar-refractivity contribution in [3.63, 3.8) is 0 Å². The summed E-state index contributed by atoms with van der Waals surface area (Å²) in [7, 11) is 1.57. The van der Waals surface area contributed by atoms with E-state index in [0.29, 0.717) is 29.7 Å². The number of carbonyl (C=O) groups is 1. The van der Waals surface area contributed by atoms with Crippen LogP contribution < -0.4 is 15.8 Å². The van der Waals surface area contributed by atoms with Gasteiger partial charge in [0.2, 0.25) is 5.91 Å². The van der Waals surface area contributed by atoms with Crippen molar-refractivity contribution in [2.45, 2.75) is 25.3 Å². The lowest BCUT2D eigenvalue weighted by atomic mass is 10.1. The van der Waals surface area contributed by atoms with E-state index >= 15 is 0 Å². The zero-order chi connectivity index (χ0) is 14.1. The Bertz CT molecular complexity index is 518. The molecule has 1 heterocycles. The highest BCUT2D eigenvalue weighted by Crippen LogP contribution is 2.37. The van der Waals surface area contributed by atoms with Crippen molar-refractivity contribution in [1.82, 2.24) is 4.90 Å². The van der Waals surface area contributed by atoms with Crippen LogP contribution in [0.5, 0.6) is 5.75 Å². The highest BCUT2D eigenvalue weighted by atomic mass is 16.5. The number of hydrogen-bond donors (Lipinski definition) is 2. The van der Waals surface area contributed by atoms with Crippen LogP contribution >= 0.6 is 0 Å². The molecular weight excluding hydrogens is 254 g/mol. The molecule has 3 rings (SSSR count). The fraction of sp³-hybridized carbons (Fsp3) is 0.533. The topological polar surface area (TPSA) is 67.6 Å². The Kier molecular flexibility index (Phi) is 3.53. The lowest BCUT2D eigenvalue weighted by Gasteiger charge is -2.26. The Morgan fingerprint density at radius 3 is 3.00 bits per heavy atom. The summed E-state index contributed by atoms with van der Waals surface area (Å²) < 4.78 is 5.24. The molecule has 1 aliphatic carbocycles. The minimum atomic E-state index is 0.0145. The summed E-state index contributed by atoms with van der Waals surface area (Å²) >= 11 is 0. The number of amides is 1. The highest BCUT2D eigenvalue weighted by molar-refractivity contribution is 5.94. The number of hydrogen-bond acceptors (Lipinski definition) is 4. The molecule has 2 bridgehead atoms. The second-order valence-electron chi connectivity index (χ2n) is 5.77. The molecule has 0 radical (unpaired) electrons. The number of nitrogens with zero attached hydrogens (tertiary/aromatic N) is 1. The van der Waals surface area contributed by atoms with Gasteiger partial charge in [-0.3, -0.25) is 9.69 Å². The number of carbonyl (C=O) groups excluding carboxylic acids is 1. The Labute approximate surface area is 119 Å². The first-order chi connectivity index (χ1) is 9.65. The van der Waals surface area contributed by atoms with Crippen LogP contribution in [0.2, 0.25) is 0 Å². The summed E-state index contributed by atoms with van der Waals surface area (Å²) in [5.41, 5.74) is 7.00. The molecule has 2 unspecified atom stereocenters. The van der Waals surface area contributed by atoms with Gasteiger partial charge < -0.3 is 15.8 Å². The molecule has 2 fully saturated rings. The number of nitrogen functional groups attached to an aromatic ring is 1. The average molecular weight is 275 g/mol. The number of methoxy groups -OCH3 is 1. The van der Waals surface area contributed by atoms with Crippen LogP contribution in [0, 0.1) is 5.92 Å². The van der Waals surface area contributed by atoms with Gasteiger partial charge in [-0.15, -0.1) is 0 Å². The fourth-order valence-corrected chi connectivity index (χ4v) is 3.41. The average Bonchev–Trinajstić information content (AvgIpc) is 3.03. The normalized spacial score (nSPS) is 24.9. The van der Waals surface area contributed by atoms with Gasteiger partial charge in [0.05, 0.1) is 19.3 Å². The quantitative estimate of drug-likeness (QED) is 0.821. The first-order valence-corrected chi connectivity index (χ1v) is 7.13. The smallest absolute Gasteiger partial charge is 0.238 e. The molecule has 1 aromatic carbocycles. The predicted octanol–water partition coefficient (Wildman–Crippen LogP) is 1.70. The summed E-state index contributed by atoms with van der Waals surface area (Å²) in [6, 6.07) is 5.87. The van der Waals surface area contributed by atoms with E-state index in [1.165, 1.54) is 19.3 Å². The van der Waals surface area contributed by atoms with E-state index in [-0.39, 0.29) is 5.91 Å². The number of anilines is 2. The number of fused-ring (bicyclic) bond motifs is 2. The van der Waals surface area contributed by atoms with Crippen LogP contribution in [0.25, 0.3) is 0 Å². The maximum Gasteiger partial charge on any atom is 0.238 e. The second-order valence-corrected chi connectivity index (χ2v) is 5.77. The molecule has 1 amide bonds. The van der Waals surface area contributed by atoms with E-state index in [1.54, 1.807) is 25.3 Å². The van der Waals surface area contributed by atoms with Gasteiger partial charge in [-0.05, 0) is 37.3 Å². The maximum atomic E-state index is 12.2. The van der Waals surface area contributed by atoms with Gasteiger partial charge in [-0.2, -0.15) is 0 Å². The van der Waals surface area contributed by atoms with Gasteiger partial charge in [0, 0.05) is 24.3 Å². The lowest BCUT2D eigenvalue weighted by Crippen LogP contribution is -2.38. The molecule has 2 aliphatic rings. The lowest BCUT2D eigenvalue weighted by molar-refractivity contribution is -0.117. The van der Waals surface area contributed by atoms with Crippen molar-refractivity contribution in [2.75, 3.05) is 31.2 Å². The molecule has 5 heteroatoms. The molecule has 1 saturated heterocycles. The molecule has 1 aliphatic heterocycles. The van der Waals surface area contributed by atoms with Crippen molar-refractivity contribution in [1.29, 1.82) is 0 Å². The number of nitrogens with one attached hydrogen (secondary N) is 1. The number of nitrogens with two attached hydrogens (primary N) is 1. The third kappa shape index (κ3) is 2.58. The van der Waals surface area contributed by atoms with Crippen LogP contribution in [0.3, 0.4) is 0 Å². The van der Waals surface area contributed by atoms with Gasteiger partial charge in [0.25, 0.3) is 0 Å². The number of rotatable bonds is 4. The number of likely N-dealkylation sites (tertiary alicyclic amines) is 1. The molecular formula is C15H21N3O2. The van der Waals surface area contributed by atoms with Crippen molar-refractivity contribution >= 4 is 17.3 Å². The summed E-state index contributed by atoms with van der Waals surface area (Å²) in [4.78, 5) is 14.5. The fourth-order valence-electron chi connectivity index (χ4n) is 3.41. The number of piperidine rings is 1. The first kappa shape index (κ1) is 13.2. The van der Waals surface area contributed by atoms with E-state index in [2.05, 4.69) is 10.2 Å². The molecule has 1 saturated carbocycles. The van der Waals surface area contributed by atoms with E-state index in [4.69, 9.17) is 10.5 Å². The molecule has 1 aromatic rings. The Morgan fingerprint density at radius 1 is 1.50 bits per heavy atom. The van der Waals surface area contributed by atoms with Gasteiger partial charge in [-0.25, -0.2) is 0 Å². The summed E-state index contributed by atoms with van der Waals surface area (Å²) in [5.74, 6) is 1.42. The minimum Gasteiger partial charge on any atom is -0.494 e. The van der Waals surface area contributed by atoms with E-state index in [1.807, 2.05) is 0 Å². The zero-order valence-corrected chi connectivity index (χ0v) is 11.8. The van der Waals surface area contributed by atoms with Crippen molar-refractivity contribution in [2.24, 2.45) is 5.92 Å². The number of ether oxygens (including phenoxy) is 1. The van der Waals surface area contributed by atoms with Crippen LogP contribution in [0.1, 0.15) is 19.3 Å². The third-order valence-electron chi connectivity index (χ3n) is 4.37. The van der Waals surface area contributed by atoms with Gasteiger partial charge >= 0.3 is 0 Å². The summed E-state index contributed by atoms with van der Waals surface area (Å²) in [6.07, 6.45) is 3.83. The first-order valence-electron chi connectivity index (χ1n) is 7.13. The van der Waals surface area contributed by atoms with Gasteiger partial charge in [-0.1, -0.05) is 0 Å². The molecule has 5 nitrogen and oxygen atoms in total.